The maximum Gasteiger partial charge on any atom is 0.258 e. The van der Waals surface area contributed by atoms with Gasteiger partial charge in [0, 0.05) is 5.54 Å². The average molecular weight is 339 g/mol. The van der Waals surface area contributed by atoms with Gasteiger partial charge in [0.1, 0.15) is 5.75 Å². The minimum atomic E-state index is -0.322. The molecule has 2 rings (SSSR count). The molecule has 0 bridgehead atoms. The normalized spacial score (nSPS) is 11.9. The molecule has 2 aromatic carbocycles. The van der Waals surface area contributed by atoms with Crippen molar-refractivity contribution < 1.29 is 9.53 Å². The number of hydrogen-bond donors (Lipinski definition) is 1. The third-order valence-electron chi connectivity index (χ3n) is 4.06. The van der Waals surface area contributed by atoms with E-state index in [1.165, 1.54) is 11.1 Å². The van der Waals surface area contributed by atoms with Gasteiger partial charge in [-0.3, -0.25) is 4.79 Å². The molecule has 0 unspecified atom stereocenters. The lowest BCUT2D eigenvalue weighted by atomic mass is 9.87. The molecule has 0 heterocycles. The molecule has 0 aromatic heterocycles. The molecular weight excluding hydrogens is 310 g/mol. The monoisotopic (exact) mass is 339 g/mol. The van der Waals surface area contributed by atoms with Gasteiger partial charge >= 0.3 is 0 Å². The van der Waals surface area contributed by atoms with Crippen molar-refractivity contribution in [1.29, 1.82) is 0 Å². The molecule has 1 amide bonds. The van der Waals surface area contributed by atoms with E-state index in [4.69, 9.17) is 4.74 Å². The van der Waals surface area contributed by atoms with Crippen LogP contribution in [-0.4, -0.2) is 18.1 Å². The maximum absolute atomic E-state index is 12.2. The van der Waals surface area contributed by atoms with E-state index < -0.39 is 0 Å². The standard InChI is InChI=1S/C22H29NO2/c1-21(2,3)18-11-13-19(14-12-18)25-16-20(24)23-22(4,5)15-17-9-7-6-8-10-17/h6-14H,15-16H2,1-5H3,(H,23,24). The summed E-state index contributed by atoms with van der Waals surface area (Å²) in [5, 5.41) is 3.05. The zero-order valence-corrected chi connectivity index (χ0v) is 15.9. The molecule has 3 nitrogen and oxygen atoms in total. The van der Waals surface area contributed by atoms with Crippen molar-refractivity contribution in [3.8, 4) is 5.75 Å². The summed E-state index contributed by atoms with van der Waals surface area (Å²) in [4.78, 5) is 12.2. The Morgan fingerprint density at radius 3 is 2.08 bits per heavy atom. The van der Waals surface area contributed by atoms with Crippen LogP contribution in [0.1, 0.15) is 45.7 Å². The first-order chi connectivity index (χ1) is 11.7. The number of nitrogens with one attached hydrogen (secondary N) is 1. The summed E-state index contributed by atoms with van der Waals surface area (Å²) in [6.45, 7) is 10.6. The highest BCUT2D eigenvalue weighted by atomic mass is 16.5. The largest absolute Gasteiger partial charge is 0.484 e. The van der Waals surface area contributed by atoms with Crippen molar-refractivity contribution in [3.63, 3.8) is 0 Å². The van der Waals surface area contributed by atoms with Crippen LogP contribution in [0, 0.1) is 0 Å². The smallest absolute Gasteiger partial charge is 0.258 e. The molecule has 0 saturated carbocycles. The van der Waals surface area contributed by atoms with E-state index in [1.807, 2.05) is 56.3 Å². The van der Waals surface area contributed by atoms with Crippen LogP contribution in [0.2, 0.25) is 0 Å². The Labute approximate surface area is 151 Å². The molecule has 25 heavy (non-hydrogen) atoms. The van der Waals surface area contributed by atoms with Crippen molar-refractivity contribution in [3.05, 3.63) is 65.7 Å². The highest BCUT2D eigenvalue weighted by Gasteiger charge is 2.21. The molecule has 0 aliphatic rings. The van der Waals surface area contributed by atoms with Gasteiger partial charge in [0.05, 0.1) is 0 Å². The summed E-state index contributed by atoms with van der Waals surface area (Å²) in [7, 11) is 0. The second kappa shape index (κ2) is 7.73. The Hall–Kier alpha value is -2.29. The number of carbonyl (C=O) groups is 1. The first-order valence-corrected chi connectivity index (χ1v) is 8.74. The number of amides is 1. The summed E-state index contributed by atoms with van der Waals surface area (Å²) in [5.74, 6) is 0.602. The van der Waals surface area contributed by atoms with E-state index in [9.17, 15) is 4.79 Å². The first-order valence-electron chi connectivity index (χ1n) is 8.74. The van der Waals surface area contributed by atoms with E-state index in [0.717, 1.165) is 6.42 Å². The van der Waals surface area contributed by atoms with E-state index in [-0.39, 0.29) is 23.5 Å². The molecule has 134 valence electrons. The van der Waals surface area contributed by atoms with E-state index in [0.29, 0.717) is 5.75 Å². The number of benzene rings is 2. The second-order valence-electron chi connectivity index (χ2n) is 8.16. The summed E-state index contributed by atoms with van der Waals surface area (Å²) < 4.78 is 5.62. The predicted molar refractivity (Wildman–Crippen MR) is 103 cm³/mol. The molecule has 1 N–H and O–H groups in total. The van der Waals surface area contributed by atoms with Gasteiger partial charge in [0.2, 0.25) is 0 Å². The Morgan fingerprint density at radius 2 is 1.52 bits per heavy atom. The topological polar surface area (TPSA) is 38.3 Å². The van der Waals surface area contributed by atoms with Gasteiger partial charge in [0.15, 0.2) is 6.61 Å². The van der Waals surface area contributed by atoms with Crippen LogP contribution in [0.15, 0.2) is 54.6 Å². The van der Waals surface area contributed by atoms with Crippen LogP contribution < -0.4 is 10.1 Å². The van der Waals surface area contributed by atoms with Crippen LogP contribution in [0.3, 0.4) is 0 Å². The minimum Gasteiger partial charge on any atom is -0.484 e. The second-order valence-corrected chi connectivity index (χ2v) is 8.16. The van der Waals surface area contributed by atoms with Crippen molar-refractivity contribution >= 4 is 5.91 Å². The fourth-order valence-electron chi connectivity index (χ4n) is 2.76. The lowest BCUT2D eigenvalue weighted by molar-refractivity contribution is -0.124. The van der Waals surface area contributed by atoms with E-state index in [1.54, 1.807) is 0 Å². The molecule has 2 aromatic rings. The van der Waals surface area contributed by atoms with Crippen molar-refractivity contribution in [2.45, 2.75) is 52.0 Å². The number of rotatable bonds is 6. The van der Waals surface area contributed by atoms with Crippen LogP contribution >= 0.6 is 0 Å². The fourth-order valence-corrected chi connectivity index (χ4v) is 2.76. The van der Waals surface area contributed by atoms with Gasteiger partial charge in [0.25, 0.3) is 5.91 Å². The Morgan fingerprint density at radius 1 is 0.920 bits per heavy atom. The zero-order chi connectivity index (χ0) is 18.5. The molecule has 0 spiro atoms. The zero-order valence-electron chi connectivity index (χ0n) is 15.9. The molecule has 0 aliphatic heterocycles. The van der Waals surface area contributed by atoms with E-state index >= 15 is 0 Å². The quantitative estimate of drug-likeness (QED) is 0.841. The van der Waals surface area contributed by atoms with Gasteiger partial charge in [-0.15, -0.1) is 0 Å². The average Bonchev–Trinajstić information content (AvgIpc) is 2.52. The van der Waals surface area contributed by atoms with Gasteiger partial charge in [-0.2, -0.15) is 0 Å². The van der Waals surface area contributed by atoms with Crippen LogP contribution in [0.4, 0.5) is 0 Å². The molecule has 3 heteroatoms. The van der Waals surface area contributed by atoms with Crippen molar-refractivity contribution in [2.24, 2.45) is 0 Å². The lowest BCUT2D eigenvalue weighted by Crippen LogP contribution is -2.47. The van der Waals surface area contributed by atoms with E-state index in [2.05, 4.69) is 38.2 Å². The van der Waals surface area contributed by atoms with Crippen LogP contribution in [0.5, 0.6) is 5.75 Å². The maximum atomic E-state index is 12.2. The van der Waals surface area contributed by atoms with Crippen LogP contribution in [-0.2, 0) is 16.6 Å². The molecule has 0 aliphatic carbocycles. The summed E-state index contributed by atoms with van der Waals surface area (Å²) in [6.07, 6.45) is 0.778. The highest BCUT2D eigenvalue weighted by molar-refractivity contribution is 5.78. The van der Waals surface area contributed by atoms with Crippen LogP contribution in [0.25, 0.3) is 0 Å². The number of carbonyl (C=O) groups excluding carboxylic acids is 1. The van der Waals surface area contributed by atoms with Crippen molar-refractivity contribution in [1.82, 2.24) is 5.32 Å². The summed E-state index contributed by atoms with van der Waals surface area (Å²) >= 11 is 0. The fraction of sp³-hybridized carbons (Fsp3) is 0.409. The van der Waals surface area contributed by atoms with Gasteiger partial charge in [-0.25, -0.2) is 0 Å². The Bertz CT molecular complexity index is 682. The Balaban J connectivity index is 1.85. The Kier molecular flexibility index (Phi) is 5.89. The third-order valence-corrected chi connectivity index (χ3v) is 4.06. The molecule has 0 atom stereocenters. The number of ether oxygens (including phenoxy) is 1. The van der Waals surface area contributed by atoms with Gasteiger partial charge < -0.3 is 10.1 Å². The lowest BCUT2D eigenvalue weighted by Gasteiger charge is -2.26. The number of hydrogen-bond acceptors (Lipinski definition) is 2. The van der Waals surface area contributed by atoms with Gasteiger partial charge in [-0.1, -0.05) is 63.2 Å². The predicted octanol–water partition coefficient (Wildman–Crippen LogP) is 4.50. The van der Waals surface area contributed by atoms with Crippen molar-refractivity contribution in [2.75, 3.05) is 6.61 Å². The minimum absolute atomic E-state index is 0.0209. The first kappa shape index (κ1) is 19.0. The molecule has 0 fully saturated rings. The molecule has 0 radical (unpaired) electrons. The summed E-state index contributed by atoms with van der Waals surface area (Å²) in [5.41, 5.74) is 2.23. The van der Waals surface area contributed by atoms with Gasteiger partial charge in [-0.05, 0) is 48.9 Å². The molecule has 0 saturated heterocycles. The molecular formula is C22H29NO2. The third kappa shape index (κ3) is 6.26. The SMILES string of the molecule is CC(C)(Cc1ccccc1)NC(=O)COc1ccc(C(C)(C)C)cc1. The highest BCUT2D eigenvalue weighted by Crippen LogP contribution is 2.24. The summed E-state index contributed by atoms with van der Waals surface area (Å²) in [6, 6.07) is 18.1.